The first kappa shape index (κ1) is 21.0. The van der Waals surface area contributed by atoms with Crippen molar-refractivity contribution in [1.82, 2.24) is 10.2 Å². The number of likely N-dealkylation sites (tertiary alicyclic amines) is 1. The van der Waals surface area contributed by atoms with Gasteiger partial charge in [0.25, 0.3) is 0 Å². The van der Waals surface area contributed by atoms with E-state index in [-0.39, 0.29) is 18.7 Å². The molecule has 2 N–H and O–H groups in total. The van der Waals surface area contributed by atoms with Crippen LogP contribution in [0.1, 0.15) is 33.6 Å². The van der Waals surface area contributed by atoms with Crippen LogP contribution in [-0.4, -0.2) is 60.1 Å². The molecule has 1 fully saturated rings. The maximum Gasteiger partial charge on any atom is 0.410 e. The van der Waals surface area contributed by atoms with E-state index in [1.165, 1.54) is 0 Å². The minimum Gasteiger partial charge on any atom is -0.491 e. The normalized spacial score (nSPS) is 17.0. The van der Waals surface area contributed by atoms with Crippen LogP contribution in [-0.2, 0) is 4.74 Å². The number of carbonyl (C=O) groups excluding carboxylic acids is 1. The topological polar surface area (TPSA) is 71.0 Å². The smallest absolute Gasteiger partial charge is 0.410 e. The molecular formula is C19H29BrN2O4. The monoisotopic (exact) mass is 428 g/mol. The molecule has 1 amide bonds. The minimum absolute atomic E-state index is 0.236. The summed E-state index contributed by atoms with van der Waals surface area (Å²) in [6.45, 7) is 7.64. The molecule has 1 atom stereocenters. The molecule has 1 heterocycles. The van der Waals surface area contributed by atoms with Crippen molar-refractivity contribution >= 4 is 22.0 Å². The van der Waals surface area contributed by atoms with Gasteiger partial charge in [0.1, 0.15) is 24.1 Å². The Balaban J connectivity index is 1.64. The third kappa shape index (κ3) is 7.51. The summed E-state index contributed by atoms with van der Waals surface area (Å²) in [6.07, 6.45) is 0.855. The van der Waals surface area contributed by atoms with Gasteiger partial charge in [0.05, 0.1) is 0 Å². The molecule has 146 valence electrons. The molecule has 0 unspecified atom stereocenters. The molecule has 0 bridgehead atoms. The molecule has 1 saturated heterocycles. The summed E-state index contributed by atoms with van der Waals surface area (Å²) in [7, 11) is 0. The van der Waals surface area contributed by atoms with Crippen molar-refractivity contribution < 1.29 is 19.4 Å². The van der Waals surface area contributed by atoms with Crippen LogP contribution < -0.4 is 10.1 Å². The van der Waals surface area contributed by atoms with Crippen LogP contribution in [0.4, 0.5) is 4.79 Å². The number of hydrogen-bond donors (Lipinski definition) is 2. The Labute approximate surface area is 164 Å². The maximum absolute atomic E-state index is 12.1. The van der Waals surface area contributed by atoms with E-state index in [0.29, 0.717) is 19.6 Å². The molecule has 6 nitrogen and oxygen atoms in total. The second-order valence-electron chi connectivity index (χ2n) is 7.57. The van der Waals surface area contributed by atoms with Crippen molar-refractivity contribution in [2.45, 2.75) is 51.4 Å². The largest absolute Gasteiger partial charge is 0.491 e. The van der Waals surface area contributed by atoms with Crippen LogP contribution in [0.5, 0.6) is 5.75 Å². The highest BCUT2D eigenvalue weighted by Gasteiger charge is 2.26. The van der Waals surface area contributed by atoms with Crippen LogP contribution in [0, 0.1) is 0 Å². The number of carbonyl (C=O) groups is 1. The summed E-state index contributed by atoms with van der Waals surface area (Å²) in [5, 5.41) is 13.5. The fraction of sp³-hybridized carbons (Fsp3) is 0.632. The predicted octanol–water partition coefficient (Wildman–Crippen LogP) is 3.18. The number of nitrogens with one attached hydrogen (secondary N) is 1. The van der Waals surface area contributed by atoms with Crippen molar-refractivity contribution in [2.24, 2.45) is 0 Å². The Morgan fingerprint density at radius 3 is 2.69 bits per heavy atom. The highest BCUT2D eigenvalue weighted by molar-refractivity contribution is 9.10. The molecule has 1 aromatic carbocycles. The van der Waals surface area contributed by atoms with Gasteiger partial charge in [0, 0.05) is 30.1 Å². The zero-order valence-electron chi connectivity index (χ0n) is 15.7. The van der Waals surface area contributed by atoms with Gasteiger partial charge in [-0.1, -0.05) is 22.0 Å². The number of halogens is 1. The van der Waals surface area contributed by atoms with Gasteiger partial charge in [0.2, 0.25) is 0 Å². The SMILES string of the molecule is CC(C)(C)OC(=O)N1CCC(NC[C@H](O)COc2cccc(Br)c2)CC1. The van der Waals surface area contributed by atoms with E-state index in [1.54, 1.807) is 4.90 Å². The third-order valence-corrected chi connectivity index (χ3v) is 4.52. The van der Waals surface area contributed by atoms with Crippen LogP contribution in [0.25, 0.3) is 0 Å². The lowest BCUT2D eigenvalue weighted by Gasteiger charge is -2.34. The first-order chi connectivity index (χ1) is 12.2. The first-order valence-corrected chi connectivity index (χ1v) is 9.80. The van der Waals surface area contributed by atoms with E-state index in [0.717, 1.165) is 23.1 Å². The van der Waals surface area contributed by atoms with Gasteiger partial charge in [-0.15, -0.1) is 0 Å². The quantitative estimate of drug-likeness (QED) is 0.727. The van der Waals surface area contributed by atoms with Crippen LogP contribution in [0.2, 0.25) is 0 Å². The number of hydrogen-bond acceptors (Lipinski definition) is 5. The molecule has 26 heavy (non-hydrogen) atoms. The molecule has 1 aliphatic heterocycles. The number of rotatable bonds is 6. The minimum atomic E-state index is -0.585. The fourth-order valence-electron chi connectivity index (χ4n) is 2.70. The average molecular weight is 429 g/mol. The summed E-state index contributed by atoms with van der Waals surface area (Å²) >= 11 is 3.39. The van der Waals surface area contributed by atoms with Crippen molar-refractivity contribution in [2.75, 3.05) is 26.2 Å². The van der Waals surface area contributed by atoms with Crippen molar-refractivity contribution in [3.05, 3.63) is 28.7 Å². The molecular weight excluding hydrogens is 400 g/mol. The van der Waals surface area contributed by atoms with Gasteiger partial charge in [-0.25, -0.2) is 4.79 Å². The maximum atomic E-state index is 12.1. The van der Waals surface area contributed by atoms with Crippen LogP contribution >= 0.6 is 15.9 Å². The second-order valence-corrected chi connectivity index (χ2v) is 8.49. The number of amides is 1. The predicted molar refractivity (Wildman–Crippen MR) is 104 cm³/mol. The summed E-state index contributed by atoms with van der Waals surface area (Å²) in [5.74, 6) is 0.726. The second kappa shape index (κ2) is 9.58. The average Bonchev–Trinajstić information content (AvgIpc) is 2.57. The molecule has 7 heteroatoms. The van der Waals surface area contributed by atoms with Gasteiger partial charge in [-0.3, -0.25) is 0 Å². The van der Waals surface area contributed by atoms with E-state index in [2.05, 4.69) is 21.2 Å². The zero-order valence-corrected chi connectivity index (χ0v) is 17.3. The molecule has 1 aromatic rings. The van der Waals surface area contributed by atoms with E-state index in [1.807, 2.05) is 45.0 Å². The number of benzene rings is 1. The van der Waals surface area contributed by atoms with Gasteiger partial charge >= 0.3 is 6.09 Å². The molecule has 0 radical (unpaired) electrons. The highest BCUT2D eigenvalue weighted by Crippen LogP contribution is 2.18. The number of aliphatic hydroxyl groups is 1. The molecule has 0 spiro atoms. The summed E-state index contributed by atoms with van der Waals surface area (Å²) in [4.78, 5) is 13.8. The van der Waals surface area contributed by atoms with E-state index in [9.17, 15) is 9.90 Å². The first-order valence-electron chi connectivity index (χ1n) is 9.01. The number of nitrogens with zero attached hydrogens (tertiary/aromatic N) is 1. The summed E-state index contributed by atoms with van der Waals surface area (Å²) in [6, 6.07) is 7.83. The van der Waals surface area contributed by atoms with Gasteiger partial charge < -0.3 is 24.8 Å². The number of ether oxygens (including phenoxy) is 2. The number of aliphatic hydroxyl groups excluding tert-OH is 1. The molecule has 0 aliphatic carbocycles. The lowest BCUT2D eigenvalue weighted by atomic mass is 10.1. The van der Waals surface area contributed by atoms with Gasteiger partial charge in [-0.05, 0) is 51.8 Å². The summed E-state index contributed by atoms with van der Waals surface area (Å²) < 4.78 is 11.9. The molecule has 0 saturated carbocycles. The van der Waals surface area contributed by atoms with Crippen molar-refractivity contribution in [3.8, 4) is 5.75 Å². The Bertz CT molecular complexity index is 583. The van der Waals surface area contributed by atoms with E-state index >= 15 is 0 Å². The Morgan fingerprint density at radius 2 is 2.08 bits per heavy atom. The lowest BCUT2D eigenvalue weighted by Crippen LogP contribution is -2.48. The Hall–Kier alpha value is -1.31. The standard InChI is InChI=1S/C19H29BrN2O4/c1-19(2,3)26-18(24)22-9-7-15(8-10-22)21-12-16(23)13-25-17-6-4-5-14(20)11-17/h4-6,11,15-16,21,23H,7-10,12-13H2,1-3H3/t16-/m0/s1. The number of piperidine rings is 1. The van der Waals surface area contributed by atoms with Crippen molar-refractivity contribution in [3.63, 3.8) is 0 Å². The van der Waals surface area contributed by atoms with E-state index < -0.39 is 11.7 Å². The van der Waals surface area contributed by atoms with Gasteiger partial charge in [-0.2, -0.15) is 0 Å². The fourth-order valence-corrected chi connectivity index (χ4v) is 3.08. The Kier molecular flexibility index (Phi) is 7.73. The summed E-state index contributed by atoms with van der Waals surface area (Å²) in [5.41, 5.74) is -0.468. The molecule has 0 aromatic heterocycles. The van der Waals surface area contributed by atoms with Crippen LogP contribution in [0.3, 0.4) is 0 Å². The van der Waals surface area contributed by atoms with Gasteiger partial charge in [0.15, 0.2) is 0 Å². The molecule has 2 rings (SSSR count). The zero-order chi connectivity index (χ0) is 19.2. The third-order valence-electron chi connectivity index (χ3n) is 4.03. The molecule has 1 aliphatic rings. The highest BCUT2D eigenvalue weighted by atomic mass is 79.9. The van der Waals surface area contributed by atoms with Crippen molar-refractivity contribution in [1.29, 1.82) is 0 Å². The van der Waals surface area contributed by atoms with Crippen LogP contribution in [0.15, 0.2) is 28.7 Å². The Morgan fingerprint density at radius 1 is 1.38 bits per heavy atom. The van der Waals surface area contributed by atoms with E-state index in [4.69, 9.17) is 9.47 Å². The lowest BCUT2D eigenvalue weighted by molar-refractivity contribution is 0.0192.